The van der Waals surface area contributed by atoms with Crippen LogP contribution in [0.15, 0.2) is 10.9 Å². The molecule has 90 valence electrons. The lowest BCUT2D eigenvalue weighted by atomic mass is 10.3. The maximum atomic E-state index is 11.3. The van der Waals surface area contributed by atoms with Gasteiger partial charge in [0, 0.05) is 19.5 Å². The lowest BCUT2D eigenvalue weighted by Crippen LogP contribution is -2.35. The molecule has 1 aromatic heterocycles. The summed E-state index contributed by atoms with van der Waals surface area (Å²) in [5, 5.41) is 9.33. The highest BCUT2D eigenvalue weighted by atomic mass is 16.5. The predicted molar refractivity (Wildman–Crippen MR) is 58.8 cm³/mol. The quantitative estimate of drug-likeness (QED) is 0.615. The number of nitrogens with zero attached hydrogens (tertiary/aromatic N) is 2. The molecule has 0 saturated carbocycles. The molecule has 0 fully saturated rings. The van der Waals surface area contributed by atoms with Crippen LogP contribution in [0.25, 0.3) is 0 Å². The van der Waals surface area contributed by atoms with Gasteiger partial charge in [0.2, 0.25) is 11.8 Å². The number of unbranched alkanes of at least 4 members (excludes halogenated alkanes) is 1. The van der Waals surface area contributed by atoms with Gasteiger partial charge in [0.1, 0.15) is 0 Å². The third-order valence-electron chi connectivity index (χ3n) is 2.06. The van der Waals surface area contributed by atoms with Gasteiger partial charge >= 0.3 is 0 Å². The van der Waals surface area contributed by atoms with Gasteiger partial charge < -0.3 is 15.2 Å². The van der Waals surface area contributed by atoms with Gasteiger partial charge in [-0.15, -0.1) is 0 Å². The fraction of sp³-hybridized carbons (Fsp3) is 0.700. The van der Waals surface area contributed by atoms with Gasteiger partial charge in [0.05, 0.1) is 6.54 Å². The Balaban J connectivity index is 1.96. The summed E-state index contributed by atoms with van der Waals surface area (Å²) in [7, 11) is 0. The molecule has 1 amide bonds. The van der Waals surface area contributed by atoms with Crippen molar-refractivity contribution in [1.29, 1.82) is 0 Å². The second-order valence-corrected chi connectivity index (χ2v) is 3.47. The van der Waals surface area contributed by atoms with E-state index in [9.17, 15) is 4.79 Å². The average Bonchev–Trinajstić information content (AvgIpc) is 2.78. The molecule has 0 saturated heterocycles. The summed E-state index contributed by atoms with van der Waals surface area (Å²) in [5.41, 5.74) is 0. The van der Waals surface area contributed by atoms with E-state index in [0.29, 0.717) is 25.4 Å². The Labute approximate surface area is 94.8 Å². The smallest absolute Gasteiger partial charge is 0.233 e. The predicted octanol–water partition coefficient (Wildman–Crippen LogP) is 0.118. The largest absolute Gasteiger partial charge is 0.355 e. The monoisotopic (exact) mass is 226 g/mol. The Hall–Kier alpha value is -1.43. The molecule has 1 aromatic rings. The zero-order valence-electron chi connectivity index (χ0n) is 9.53. The van der Waals surface area contributed by atoms with E-state index in [-0.39, 0.29) is 5.91 Å². The van der Waals surface area contributed by atoms with Crippen molar-refractivity contribution in [2.75, 3.05) is 19.6 Å². The third kappa shape index (κ3) is 5.45. The highest BCUT2D eigenvalue weighted by molar-refractivity contribution is 5.77. The lowest BCUT2D eigenvalue weighted by Gasteiger charge is -2.04. The Bertz CT molecular complexity index is 287. The number of rotatable bonds is 8. The van der Waals surface area contributed by atoms with Gasteiger partial charge in [-0.3, -0.25) is 4.79 Å². The van der Waals surface area contributed by atoms with Gasteiger partial charge in [0.25, 0.3) is 0 Å². The van der Waals surface area contributed by atoms with Crippen LogP contribution < -0.4 is 10.6 Å². The van der Waals surface area contributed by atoms with E-state index in [2.05, 4.69) is 27.7 Å². The molecule has 6 heteroatoms. The Morgan fingerprint density at radius 2 is 2.38 bits per heavy atom. The van der Waals surface area contributed by atoms with Crippen molar-refractivity contribution in [3.63, 3.8) is 0 Å². The molecule has 0 radical (unpaired) electrons. The molecule has 0 aromatic carbocycles. The number of nitrogens with one attached hydrogen (secondary N) is 2. The van der Waals surface area contributed by atoms with Crippen LogP contribution >= 0.6 is 0 Å². The van der Waals surface area contributed by atoms with E-state index in [1.54, 1.807) is 0 Å². The van der Waals surface area contributed by atoms with Crippen LogP contribution in [-0.4, -0.2) is 35.7 Å². The first-order valence-electron chi connectivity index (χ1n) is 5.56. The van der Waals surface area contributed by atoms with Crippen LogP contribution in [0.2, 0.25) is 0 Å². The van der Waals surface area contributed by atoms with E-state index >= 15 is 0 Å². The van der Waals surface area contributed by atoms with Crippen molar-refractivity contribution in [2.45, 2.75) is 26.2 Å². The third-order valence-corrected chi connectivity index (χ3v) is 2.06. The van der Waals surface area contributed by atoms with Gasteiger partial charge in [-0.2, -0.15) is 4.98 Å². The fourth-order valence-corrected chi connectivity index (χ4v) is 1.17. The van der Waals surface area contributed by atoms with Crippen LogP contribution in [0.3, 0.4) is 0 Å². The van der Waals surface area contributed by atoms with Gasteiger partial charge in [0.15, 0.2) is 6.33 Å². The van der Waals surface area contributed by atoms with E-state index in [4.69, 9.17) is 4.52 Å². The minimum absolute atomic E-state index is 0.0268. The molecule has 0 aliphatic rings. The number of amides is 1. The van der Waals surface area contributed by atoms with Crippen molar-refractivity contribution in [3.05, 3.63) is 12.2 Å². The molecule has 0 aliphatic carbocycles. The summed E-state index contributed by atoms with van der Waals surface area (Å²) < 4.78 is 4.82. The molecule has 1 heterocycles. The molecule has 0 aliphatic heterocycles. The van der Waals surface area contributed by atoms with Crippen molar-refractivity contribution in [1.82, 2.24) is 20.8 Å². The van der Waals surface area contributed by atoms with Gasteiger partial charge in [-0.25, -0.2) is 0 Å². The van der Waals surface area contributed by atoms with Crippen molar-refractivity contribution >= 4 is 5.91 Å². The van der Waals surface area contributed by atoms with Crippen LogP contribution in [0.5, 0.6) is 0 Å². The number of carbonyl (C=O) groups is 1. The molecular formula is C10H18N4O2. The molecule has 0 bridgehead atoms. The zero-order chi connectivity index (χ0) is 11.6. The van der Waals surface area contributed by atoms with E-state index in [0.717, 1.165) is 19.4 Å². The van der Waals surface area contributed by atoms with E-state index in [1.807, 2.05) is 0 Å². The minimum Gasteiger partial charge on any atom is -0.355 e. The maximum absolute atomic E-state index is 11.3. The highest BCUT2D eigenvalue weighted by Gasteiger charge is 2.01. The first-order chi connectivity index (χ1) is 7.83. The summed E-state index contributed by atoms with van der Waals surface area (Å²) in [6.45, 7) is 3.83. The number of aromatic nitrogens is 2. The summed E-state index contributed by atoms with van der Waals surface area (Å²) in [5.74, 6) is 0.609. The topological polar surface area (TPSA) is 80.0 Å². The Kier molecular flexibility index (Phi) is 6.17. The molecule has 1 rings (SSSR count). The average molecular weight is 226 g/mol. The summed E-state index contributed by atoms with van der Waals surface area (Å²) in [4.78, 5) is 15.1. The molecule has 16 heavy (non-hydrogen) atoms. The fourth-order valence-electron chi connectivity index (χ4n) is 1.17. The minimum atomic E-state index is 0.0268. The normalized spacial score (nSPS) is 10.3. The second-order valence-electron chi connectivity index (χ2n) is 3.47. The lowest BCUT2D eigenvalue weighted by molar-refractivity contribution is -0.120. The van der Waals surface area contributed by atoms with Gasteiger partial charge in [-0.1, -0.05) is 18.5 Å². The van der Waals surface area contributed by atoms with Crippen LogP contribution in [0, 0.1) is 0 Å². The van der Waals surface area contributed by atoms with Crippen molar-refractivity contribution in [3.8, 4) is 0 Å². The molecule has 2 N–H and O–H groups in total. The Morgan fingerprint density at radius 1 is 1.50 bits per heavy atom. The zero-order valence-corrected chi connectivity index (χ0v) is 9.53. The molecule has 0 unspecified atom stereocenters. The first kappa shape index (κ1) is 12.6. The van der Waals surface area contributed by atoms with Gasteiger partial charge in [-0.05, 0) is 6.42 Å². The highest BCUT2D eigenvalue weighted by Crippen LogP contribution is 1.89. The first-order valence-corrected chi connectivity index (χ1v) is 5.56. The van der Waals surface area contributed by atoms with E-state index < -0.39 is 0 Å². The Morgan fingerprint density at radius 3 is 3.06 bits per heavy atom. The van der Waals surface area contributed by atoms with Crippen LogP contribution in [-0.2, 0) is 11.2 Å². The summed E-state index contributed by atoms with van der Waals surface area (Å²) in [6.07, 6.45) is 4.12. The standard InChI is InChI=1S/C10H18N4O2/c1-2-3-5-12-9(15)7-11-6-4-10-13-8-14-16-10/h8,11H,2-7H2,1H3,(H,12,15). The van der Waals surface area contributed by atoms with Crippen LogP contribution in [0.4, 0.5) is 0 Å². The molecule has 0 atom stereocenters. The van der Waals surface area contributed by atoms with Crippen LogP contribution in [0.1, 0.15) is 25.7 Å². The molecular weight excluding hydrogens is 208 g/mol. The van der Waals surface area contributed by atoms with Crippen molar-refractivity contribution < 1.29 is 9.32 Å². The molecule has 6 nitrogen and oxygen atoms in total. The number of hydrogen-bond acceptors (Lipinski definition) is 5. The van der Waals surface area contributed by atoms with Crippen molar-refractivity contribution in [2.24, 2.45) is 0 Å². The SMILES string of the molecule is CCCCNC(=O)CNCCc1ncno1. The summed E-state index contributed by atoms with van der Waals surface area (Å²) >= 11 is 0. The number of hydrogen-bond donors (Lipinski definition) is 2. The molecule has 0 spiro atoms. The number of carbonyl (C=O) groups excluding carboxylic acids is 1. The van der Waals surface area contributed by atoms with E-state index in [1.165, 1.54) is 6.33 Å². The maximum Gasteiger partial charge on any atom is 0.233 e. The summed E-state index contributed by atoms with van der Waals surface area (Å²) in [6, 6.07) is 0. The second kappa shape index (κ2) is 7.81.